The largest absolute Gasteiger partial charge is 0.338 e. The monoisotopic (exact) mass is 312 g/mol. The third kappa shape index (κ3) is 4.18. The molecule has 5 heteroatoms. The molecule has 5 nitrogen and oxygen atoms in total. The molecule has 0 N–H and O–H groups in total. The van der Waals surface area contributed by atoms with Gasteiger partial charge < -0.3 is 4.90 Å². The number of piperidine rings is 1. The fourth-order valence-corrected chi connectivity index (χ4v) is 3.25. The molecule has 1 fully saturated rings. The van der Waals surface area contributed by atoms with E-state index < -0.39 is 0 Å². The van der Waals surface area contributed by atoms with Gasteiger partial charge in [0.25, 0.3) is 0 Å². The number of carbonyl (C=O) groups is 1. The summed E-state index contributed by atoms with van der Waals surface area (Å²) in [4.78, 5) is 18.7. The maximum atomic E-state index is 12.7. The van der Waals surface area contributed by atoms with Crippen LogP contribution in [0.1, 0.15) is 36.8 Å². The lowest BCUT2D eigenvalue weighted by molar-refractivity contribution is -0.135. The van der Waals surface area contributed by atoms with Crippen molar-refractivity contribution in [1.29, 1.82) is 0 Å². The predicted molar refractivity (Wildman–Crippen MR) is 88.9 cm³/mol. The van der Waals surface area contributed by atoms with Gasteiger partial charge in [-0.05, 0) is 55.9 Å². The minimum Gasteiger partial charge on any atom is -0.338 e. The SMILES string of the molecule is Cc1cnn(CC2CCCCN2C(=O)CCc2ccncc2)c1. The van der Waals surface area contributed by atoms with Crippen molar-refractivity contribution in [2.24, 2.45) is 0 Å². The summed E-state index contributed by atoms with van der Waals surface area (Å²) >= 11 is 0. The molecule has 0 saturated carbocycles. The van der Waals surface area contributed by atoms with Crippen LogP contribution in [0.4, 0.5) is 0 Å². The zero-order valence-corrected chi connectivity index (χ0v) is 13.7. The van der Waals surface area contributed by atoms with Crippen molar-refractivity contribution in [3.05, 3.63) is 48.0 Å². The van der Waals surface area contributed by atoms with Gasteiger partial charge in [0.15, 0.2) is 0 Å². The van der Waals surface area contributed by atoms with Crippen molar-refractivity contribution in [1.82, 2.24) is 19.7 Å². The van der Waals surface area contributed by atoms with E-state index in [4.69, 9.17) is 0 Å². The maximum Gasteiger partial charge on any atom is 0.223 e. The number of nitrogens with zero attached hydrogens (tertiary/aromatic N) is 4. The fourth-order valence-electron chi connectivity index (χ4n) is 3.25. The molecule has 1 atom stereocenters. The fraction of sp³-hybridized carbons (Fsp3) is 0.500. The van der Waals surface area contributed by atoms with Crippen LogP contribution in [0.25, 0.3) is 0 Å². The van der Waals surface area contributed by atoms with Crippen LogP contribution in [0.5, 0.6) is 0 Å². The van der Waals surface area contributed by atoms with E-state index in [0.717, 1.165) is 37.9 Å². The molecule has 0 radical (unpaired) electrons. The molecule has 1 aliphatic heterocycles. The molecule has 0 aliphatic carbocycles. The molecule has 3 rings (SSSR count). The Morgan fingerprint density at radius 2 is 2.13 bits per heavy atom. The second-order valence-electron chi connectivity index (χ2n) is 6.33. The van der Waals surface area contributed by atoms with Gasteiger partial charge in [0.2, 0.25) is 5.91 Å². The van der Waals surface area contributed by atoms with Crippen molar-refractivity contribution >= 4 is 5.91 Å². The number of likely N-dealkylation sites (tertiary alicyclic amines) is 1. The zero-order valence-electron chi connectivity index (χ0n) is 13.7. The van der Waals surface area contributed by atoms with Crippen molar-refractivity contribution in [2.45, 2.75) is 51.6 Å². The Balaban J connectivity index is 1.60. The van der Waals surface area contributed by atoms with Crippen LogP contribution in [0.2, 0.25) is 0 Å². The van der Waals surface area contributed by atoms with Gasteiger partial charge >= 0.3 is 0 Å². The third-order valence-electron chi connectivity index (χ3n) is 4.48. The first-order valence-electron chi connectivity index (χ1n) is 8.40. The Morgan fingerprint density at radius 1 is 1.30 bits per heavy atom. The highest BCUT2D eigenvalue weighted by Crippen LogP contribution is 2.20. The second-order valence-corrected chi connectivity index (χ2v) is 6.33. The molecule has 1 amide bonds. The molecule has 2 aromatic rings. The predicted octanol–water partition coefficient (Wildman–Crippen LogP) is 2.60. The normalized spacial score (nSPS) is 18.1. The zero-order chi connectivity index (χ0) is 16.1. The van der Waals surface area contributed by atoms with E-state index in [0.29, 0.717) is 6.42 Å². The summed E-state index contributed by atoms with van der Waals surface area (Å²) in [6.45, 7) is 3.72. The summed E-state index contributed by atoms with van der Waals surface area (Å²) in [5.41, 5.74) is 2.33. The minimum absolute atomic E-state index is 0.260. The summed E-state index contributed by atoms with van der Waals surface area (Å²) in [6.07, 6.45) is 12.2. The van der Waals surface area contributed by atoms with Gasteiger partial charge in [-0.3, -0.25) is 14.5 Å². The summed E-state index contributed by atoms with van der Waals surface area (Å²) in [5, 5.41) is 4.37. The lowest BCUT2D eigenvalue weighted by Crippen LogP contribution is -2.46. The van der Waals surface area contributed by atoms with E-state index >= 15 is 0 Å². The lowest BCUT2D eigenvalue weighted by atomic mass is 10.0. The number of aromatic nitrogens is 3. The van der Waals surface area contributed by atoms with Crippen LogP contribution < -0.4 is 0 Å². The molecule has 1 unspecified atom stereocenters. The van der Waals surface area contributed by atoms with Crippen LogP contribution in [-0.2, 0) is 17.8 Å². The molecule has 1 aliphatic rings. The van der Waals surface area contributed by atoms with E-state index in [1.54, 1.807) is 12.4 Å². The first kappa shape index (κ1) is 15.7. The van der Waals surface area contributed by atoms with E-state index in [1.807, 2.05) is 36.1 Å². The number of carbonyl (C=O) groups excluding carboxylic acids is 1. The molecule has 0 aromatic carbocycles. The van der Waals surface area contributed by atoms with E-state index in [-0.39, 0.29) is 11.9 Å². The Hall–Kier alpha value is -2.17. The van der Waals surface area contributed by atoms with Crippen molar-refractivity contribution < 1.29 is 4.79 Å². The minimum atomic E-state index is 0.260. The quantitative estimate of drug-likeness (QED) is 0.853. The number of pyridine rings is 1. The topological polar surface area (TPSA) is 51.0 Å². The second kappa shape index (κ2) is 7.40. The molecule has 3 heterocycles. The van der Waals surface area contributed by atoms with E-state index in [9.17, 15) is 4.79 Å². The Morgan fingerprint density at radius 3 is 2.87 bits per heavy atom. The number of hydrogen-bond acceptors (Lipinski definition) is 3. The van der Waals surface area contributed by atoms with Crippen LogP contribution in [0, 0.1) is 6.92 Å². The van der Waals surface area contributed by atoms with Crippen molar-refractivity contribution in [3.8, 4) is 0 Å². The van der Waals surface area contributed by atoms with Gasteiger partial charge in [-0.25, -0.2) is 0 Å². The highest BCUT2D eigenvalue weighted by molar-refractivity contribution is 5.76. The van der Waals surface area contributed by atoms with Gasteiger partial charge in [0, 0.05) is 31.6 Å². The van der Waals surface area contributed by atoms with Crippen LogP contribution in [0.3, 0.4) is 0 Å². The molecule has 0 spiro atoms. The standard InChI is InChI=1S/C18H24N4O/c1-15-12-20-21(13-15)14-17-4-2-3-11-22(17)18(23)6-5-16-7-9-19-10-8-16/h7-10,12-13,17H,2-6,11,14H2,1H3. The van der Waals surface area contributed by atoms with Gasteiger partial charge in [-0.15, -0.1) is 0 Å². The number of amides is 1. The highest BCUT2D eigenvalue weighted by atomic mass is 16.2. The molecule has 23 heavy (non-hydrogen) atoms. The molecular weight excluding hydrogens is 288 g/mol. The highest BCUT2D eigenvalue weighted by Gasteiger charge is 2.26. The number of rotatable bonds is 5. The summed E-state index contributed by atoms with van der Waals surface area (Å²) in [5.74, 6) is 0.260. The third-order valence-corrected chi connectivity index (χ3v) is 4.48. The van der Waals surface area contributed by atoms with Crippen molar-refractivity contribution in [3.63, 3.8) is 0 Å². The van der Waals surface area contributed by atoms with Crippen LogP contribution in [-0.4, -0.2) is 38.2 Å². The first-order valence-corrected chi connectivity index (χ1v) is 8.40. The average Bonchev–Trinajstić information content (AvgIpc) is 2.99. The maximum absolute atomic E-state index is 12.7. The van der Waals surface area contributed by atoms with E-state index in [2.05, 4.69) is 15.0 Å². The molecular formula is C18H24N4O. The van der Waals surface area contributed by atoms with Gasteiger partial charge in [-0.1, -0.05) is 0 Å². The first-order chi connectivity index (χ1) is 11.2. The molecule has 122 valence electrons. The lowest BCUT2D eigenvalue weighted by Gasteiger charge is -2.36. The smallest absolute Gasteiger partial charge is 0.223 e. The molecule has 0 bridgehead atoms. The van der Waals surface area contributed by atoms with Crippen molar-refractivity contribution in [2.75, 3.05) is 6.54 Å². The van der Waals surface area contributed by atoms with Gasteiger partial charge in [0.05, 0.1) is 18.8 Å². The molecule has 1 saturated heterocycles. The Kier molecular flexibility index (Phi) is 5.05. The Bertz CT molecular complexity index is 637. The summed E-state index contributed by atoms with van der Waals surface area (Å²) in [6, 6.07) is 4.23. The van der Waals surface area contributed by atoms with Crippen LogP contribution >= 0.6 is 0 Å². The van der Waals surface area contributed by atoms with Gasteiger partial charge in [0.1, 0.15) is 0 Å². The Labute approximate surface area is 137 Å². The summed E-state index contributed by atoms with van der Waals surface area (Å²) < 4.78 is 1.97. The number of aryl methyl sites for hydroxylation is 2. The van der Waals surface area contributed by atoms with Gasteiger partial charge in [-0.2, -0.15) is 5.10 Å². The number of hydrogen-bond donors (Lipinski definition) is 0. The summed E-state index contributed by atoms with van der Waals surface area (Å²) in [7, 11) is 0. The van der Waals surface area contributed by atoms with E-state index in [1.165, 1.54) is 12.0 Å². The average molecular weight is 312 g/mol. The molecule has 2 aromatic heterocycles. The van der Waals surface area contributed by atoms with Crippen LogP contribution in [0.15, 0.2) is 36.9 Å².